The van der Waals surface area contributed by atoms with Crippen LogP contribution < -0.4 is 14.8 Å². The Bertz CT molecular complexity index is 1090. The zero-order valence-electron chi connectivity index (χ0n) is 18.6. The fourth-order valence-electron chi connectivity index (χ4n) is 4.12. The molecule has 1 aromatic heterocycles. The van der Waals surface area contributed by atoms with E-state index in [9.17, 15) is 4.79 Å². The van der Waals surface area contributed by atoms with Crippen LogP contribution in [-0.4, -0.2) is 49.1 Å². The number of piperidine rings is 1. The number of nitrogens with zero attached hydrogens (tertiary/aromatic N) is 2. The Kier molecular flexibility index (Phi) is 6.86. The first-order valence-electron chi connectivity index (χ1n) is 10.8. The molecule has 32 heavy (non-hydrogen) atoms. The summed E-state index contributed by atoms with van der Waals surface area (Å²) in [6.07, 6.45) is 1.79. The lowest BCUT2D eigenvalue weighted by Gasteiger charge is -2.34. The van der Waals surface area contributed by atoms with Crippen LogP contribution in [0.4, 0.5) is 0 Å². The summed E-state index contributed by atoms with van der Waals surface area (Å²) in [6, 6.07) is 10.9. The Balaban J connectivity index is 1.30. The van der Waals surface area contributed by atoms with E-state index in [-0.39, 0.29) is 17.9 Å². The first-order chi connectivity index (χ1) is 15.5. The van der Waals surface area contributed by atoms with Crippen molar-refractivity contribution in [2.75, 3.05) is 27.3 Å². The van der Waals surface area contributed by atoms with Crippen LogP contribution in [-0.2, 0) is 11.3 Å². The minimum Gasteiger partial charge on any atom is -0.493 e. The SMILES string of the molecule is COc1ccc(CNC(=O)C(C)N2CCC(c3nc4cc(Cl)ccc4o3)CC2)cc1OC. The third kappa shape index (κ3) is 4.84. The Labute approximate surface area is 192 Å². The van der Waals surface area contributed by atoms with Gasteiger partial charge in [-0.25, -0.2) is 4.98 Å². The van der Waals surface area contributed by atoms with E-state index in [0.717, 1.165) is 48.5 Å². The van der Waals surface area contributed by atoms with Gasteiger partial charge in [-0.2, -0.15) is 0 Å². The van der Waals surface area contributed by atoms with Gasteiger partial charge in [-0.05, 0) is 68.8 Å². The summed E-state index contributed by atoms with van der Waals surface area (Å²) in [5.74, 6) is 2.33. The Morgan fingerprint density at radius 1 is 1.19 bits per heavy atom. The van der Waals surface area contributed by atoms with Crippen molar-refractivity contribution >= 4 is 28.6 Å². The predicted molar refractivity (Wildman–Crippen MR) is 123 cm³/mol. The maximum absolute atomic E-state index is 12.7. The lowest BCUT2D eigenvalue weighted by Crippen LogP contribution is -2.47. The molecule has 0 saturated carbocycles. The summed E-state index contributed by atoms with van der Waals surface area (Å²) in [5.41, 5.74) is 2.51. The van der Waals surface area contributed by atoms with Crippen LogP contribution in [0.1, 0.15) is 37.1 Å². The van der Waals surface area contributed by atoms with E-state index in [2.05, 4.69) is 15.2 Å². The van der Waals surface area contributed by atoms with E-state index in [1.54, 1.807) is 14.2 Å². The van der Waals surface area contributed by atoms with E-state index in [1.807, 2.05) is 43.3 Å². The number of carbonyl (C=O) groups excluding carboxylic acids is 1. The summed E-state index contributed by atoms with van der Waals surface area (Å²) >= 11 is 6.05. The normalized spacial score (nSPS) is 16.1. The van der Waals surface area contributed by atoms with Crippen molar-refractivity contribution in [3.8, 4) is 11.5 Å². The molecule has 0 spiro atoms. The van der Waals surface area contributed by atoms with Gasteiger partial charge in [0.25, 0.3) is 0 Å². The highest BCUT2D eigenvalue weighted by Gasteiger charge is 2.29. The van der Waals surface area contributed by atoms with Crippen LogP contribution in [0.2, 0.25) is 5.02 Å². The molecule has 1 aliphatic heterocycles. The molecule has 2 aromatic carbocycles. The van der Waals surface area contributed by atoms with Crippen LogP contribution in [0.25, 0.3) is 11.1 Å². The number of benzene rings is 2. The molecule has 1 fully saturated rings. The molecule has 7 nitrogen and oxygen atoms in total. The summed E-state index contributed by atoms with van der Waals surface area (Å²) < 4.78 is 16.5. The first-order valence-corrected chi connectivity index (χ1v) is 11.1. The number of fused-ring (bicyclic) bond motifs is 1. The van der Waals surface area contributed by atoms with Gasteiger partial charge >= 0.3 is 0 Å². The highest BCUT2D eigenvalue weighted by Crippen LogP contribution is 2.31. The molecule has 1 N–H and O–H groups in total. The molecule has 0 bridgehead atoms. The van der Waals surface area contributed by atoms with Gasteiger partial charge in [0.15, 0.2) is 23.0 Å². The van der Waals surface area contributed by atoms with Crippen LogP contribution in [0.5, 0.6) is 11.5 Å². The molecule has 1 atom stereocenters. The molecule has 0 radical (unpaired) electrons. The molecule has 1 amide bonds. The van der Waals surface area contributed by atoms with Crippen molar-refractivity contribution in [2.24, 2.45) is 0 Å². The average molecular weight is 458 g/mol. The highest BCUT2D eigenvalue weighted by molar-refractivity contribution is 6.31. The molecule has 8 heteroatoms. The van der Waals surface area contributed by atoms with Crippen molar-refractivity contribution in [1.29, 1.82) is 0 Å². The number of aromatic nitrogens is 1. The summed E-state index contributed by atoms with van der Waals surface area (Å²) in [5, 5.41) is 3.68. The standard InChI is InChI=1S/C24H28ClN3O4/c1-15(23(29)26-14-16-4-6-21(30-2)22(12-16)31-3)28-10-8-17(9-11-28)24-27-19-13-18(25)5-7-20(19)32-24/h4-7,12-13,15,17H,8-11,14H2,1-3H3,(H,26,29). The Morgan fingerprint density at radius 2 is 1.94 bits per heavy atom. The number of oxazole rings is 1. The number of amides is 1. The summed E-state index contributed by atoms with van der Waals surface area (Å²) in [4.78, 5) is 19.6. The molecule has 1 saturated heterocycles. The molecule has 170 valence electrons. The quantitative estimate of drug-likeness (QED) is 0.567. The number of rotatable bonds is 7. The monoisotopic (exact) mass is 457 g/mol. The van der Waals surface area contributed by atoms with E-state index >= 15 is 0 Å². The number of hydrogen-bond acceptors (Lipinski definition) is 6. The number of likely N-dealkylation sites (tertiary alicyclic amines) is 1. The van der Waals surface area contributed by atoms with Crippen LogP contribution >= 0.6 is 11.6 Å². The maximum atomic E-state index is 12.7. The Hall–Kier alpha value is -2.77. The third-order valence-electron chi connectivity index (χ3n) is 6.09. The molecule has 2 heterocycles. The second-order valence-corrected chi connectivity index (χ2v) is 8.49. The number of ether oxygens (including phenoxy) is 2. The molecular weight excluding hydrogens is 430 g/mol. The minimum absolute atomic E-state index is 0.00902. The summed E-state index contributed by atoms with van der Waals surface area (Å²) in [7, 11) is 3.20. The van der Waals surface area contributed by atoms with Crippen LogP contribution in [0.15, 0.2) is 40.8 Å². The molecule has 0 aliphatic carbocycles. The summed E-state index contributed by atoms with van der Waals surface area (Å²) in [6.45, 7) is 4.02. The van der Waals surface area contributed by atoms with Crippen LogP contribution in [0, 0.1) is 0 Å². The van der Waals surface area contributed by atoms with Gasteiger partial charge in [0, 0.05) is 17.5 Å². The van der Waals surface area contributed by atoms with E-state index in [0.29, 0.717) is 23.1 Å². The van der Waals surface area contributed by atoms with Crippen molar-refractivity contribution in [2.45, 2.75) is 38.3 Å². The van der Waals surface area contributed by atoms with Gasteiger partial charge in [0.1, 0.15) is 5.52 Å². The van der Waals surface area contributed by atoms with E-state index in [1.165, 1.54) is 0 Å². The van der Waals surface area contributed by atoms with Crippen molar-refractivity contribution < 1.29 is 18.7 Å². The van der Waals surface area contributed by atoms with Crippen LogP contribution in [0.3, 0.4) is 0 Å². The van der Waals surface area contributed by atoms with Crippen molar-refractivity contribution in [3.63, 3.8) is 0 Å². The molecule has 4 rings (SSSR count). The number of halogens is 1. The van der Waals surface area contributed by atoms with E-state index in [4.69, 9.17) is 25.5 Å². The van der Waals surface area contributed by atoms with Gasteiger partial charge in [0.2, 0.25) is 5.91 Å². The predicted octanol–water partition coefficient (Wildman–Crippen LogP) is 4.38. The average Bonchev–Trinajstić information content (AvgIpc) is 3.25. The molecule has 1 aliphatic rings. The molecule has 3 aromatic rings. The largest absolute Gasteiger partial charge is 0.493 e. The van der Waals surface area contributed by atoms with Gasteiger partial charge in [-0.1, -0.05) is 17.7 Å². The smallest absolute Gasteiger partial charge is 0.237 e. The fraction of sp³-hybridized carbons (Fsp3) is 0.417. The van der Waals surface area contributed by atoms with Gasteiger partial charge in [-0.3, -0.25) is 9.69 Å². The topological polar surface area (TPSA) is 76.8 Å². The Morgan fingerprint density at radius 3 is 2.66 bits per heavy atom. The first kappa shape index (κ1) is 22.4. The lowest BCUT2D eigenvalue weighted by atomic mass is 9.95. The number of carbonyl (C=O) groups is 1. The highest BCUT2D eigenvalue weighted by atomic mass is 35.5. The number of hydrogen-bond donors (Lipinski definition) is 1. The van der Waals surface area contributed by atoms with Gasteiger partial charge in [0.05, 0.1) is 20.3 Å². The lowest BCUT2D eigenvalue weighted by molar-refractivity contribution is -0.126. The second-order valence-electron chi connectivity index (χ2n) is 8.06. The zero-order chi connectivity index (χ0) is 22.7. The molecule has 1 unspecified atom stereocenters. The maximum Gasteiger partial charge on any atom is 0.237 e. The third-order valence-corrected chi connectivity index (χ3v) is 6.32. The number of nitrogens with one attached hydrogen (secondary N) is 1. The van der Waals surface area contributed by atoms with Gasteiger partial charge < -0.3 is 19.2 Å². The molecular formula is C24H28ClN3O4. The van der Waals surface area contributed by atoms with Crippen molar-refractivity contribution in [1.82, 2.24) is 15.2 Å². The minimum atomic E-state index is -0.210. The van der Waals surface area contributed by atoms with Crippen molar-refractivity contribution in [3.05, 3.63) is 52.9 Å². The fourth-order valence-corrected chi connectivity index (χ4v) is 4.29. The zero-order valence-corrected chi connectivity index (χ0v) is 19.3. The van der Waals surface area contributed by atoms with E-state index < -0.39 is 0 Å². The van der Waals surface area contributed by atoms with Gasteiger partial charge in [-0.15, -0.1) is 0 Å². The second kappa shape index (κ2) is 9.79. The number of methoxy groups -OCH3 is 2.